The van der Waals surface area contributed by atoms with Crippen LogP contribution < -0.4 is 5.32 Å². The van der Waals surface area contributed by atoms with Crippen LogP contribution in [0.2, 0.25) is 0 Å². The minimum absolute atomic E-state index is 0.0531. The van der Waals surface area contributed by atoms with Crippen LogP contribution in [-0.2, 0) is 4.79 Å². The number of amides is 1. The molecule has 3 nitrogen and oxygen atoms in total. The summed E-state index contributed by atoms with van der Waals surface area (Å²) in [5, 5.41) is 3.42. The molecular formula is C18H32N2O. The summed E-state index contributed by atoms with van der Waals surface area (Å²) in [4.78, 5) is 15.6. The molecule has 3 rings (SSSR count). The van der Waals surface area contributed by atoms with Crippen molar-refractivity contribution in [1.29, 1.82) is 0 Å². The monoisotopic (exact) mass is 292 g/mol. The lowest BCUT2D eigenvalue weighted by atomic mass is 9.74. The first-order valence-corrected chi connectivity index (χ1v) is 9.29. The molecule has 3 aliphatic rings. The average molecular weight is 292 g/mol. The molecule has 120 valence electrons. The molecule has 2 saturated heterocycles. The van der Waals surface area contributed by atoms with Crippen LogP contribution in [0.15, 0.2) is 0 Å². The third-order valence-electron chi connectivity index (χ3n) is 6.45. The van der Waals surface area contributed by atoms with Crippen molar-refractivity contribution < 1.29 is 4.79 Å². The molecule has 1 aliphatic carbocycles. The van der Waals surface area contributed by atoms with Crippen molar-refractivity contribution in [2.75, 3.05) is 19.6 Å². The van der Waals surface area contributed by atoms with Crippen LogP contribution in [0, 0.1) is 11.3 Å². The number of hydrogen-bond donors (Lipinski definition) is 1. The van der Waals surface area contributed by atoms with Gasteiger partial charge >= 0.3 is 0 Å². The largest absolute Gasteiger partial charge is 0.339 e. The standard InChI is InChI=1S/C18H32N2O/c1-2-18(10-12-19-13-11-18)17(21)20-14-6-9-16(20)15-7-4-3-5-8-15/h15-16,19H,2-14H2,1H3. The molecule has 3 fully saturated rings. The second-order valence-corrected chi connectivity index (χ2v) is 7.49. The topological polar surface area (TPSA) is 32.3 Å². The molecule has 2 aliphatic heterocycles. The third-order valence-corrected chi connectivity index (χ3v) is 6.45. The molecule has 1 saturated carbocycles. The smallest absolute Gasteiger partial charge is 0.229 e. The first-order chi connectivity index (χ1) is 10.3. The first-order valence-electron chi connectivity index (χ1n) is 9.29. The summed E-state index contributed by atoms with van der Waals surface area (Å²) < 4.78 is 0. The Kier molecular flexibility index (Phi) is 4.88. The van der Waals surface area contributed by atoms with Gasteiger partial charge in [0.1, 0.15) is 0 Å². The average Bonchev–Trinajstić information content (AvgIpc) is 3.05. The Hall–Kier alpha value is -0.570. The van der Waals surface area contributed by atoms with E-state index in [9.17, 15) is 4.79 Å². The molecule has 1 atom stereocenters. The number of nitrogens with zero attached hydrogens (tertiary/aromatic N) is 1. The van der Waals surface area contributed by atoms with E-state index in [1.807, 2.05) is 0 Å². The van der Waals surface area contributed by atoms with Crippen LogP contribution in [0.1, 0.15) is 71.1 Å². The zero-order chi connectivity index (χ0) is 14.7. The summed E-state index contributed by atoms with van der Waals surface area (Å²) in [6, 6.07) is 0.566. The van der Waals surface area contributed by atoms with Gasteiger partial charge in [0, 0.05) is 12.6 Å². The Balaban J connectivity index is 1.72. The van der Waals surface area contributed by atoms with Crippen LogP contribution in [-0.4, -0.2) is 36.5 Å². The van der Waals surface area contributed by atoms with Gasteiger partial charge in [-0.15, -0.1) is 0 Å². The van der Waals surface area contributed by atoms with Crippen LogP contribution in [0.3, 0.4) is 0 Å². The second-order valence-electron chi connectivity index (χ2n) is 7.49. The van der Waals surface area contributed by atoms with Crippen molar-refractivity contribution >= 4 is 5.91 Å². The van der Waals surface area contributed by atoms with Gasteiger partial charge in [-0.2, -0.15) is 0 Å². The quantitative estimate of drug-likeness (QED) is 0.865. The van der Waals surface area contributed by atoms with Gasteiger partial charge in [0.15, 0.2) is 0 Å². The Morgan fingerprint density at radius 1 is 1.10 bits per heavy atom. The van der Waals surface area contributed by atoms with E-state index in [0.717, 1.165) is 44.8 Å². The van der Waals surface area contributed by atoms with Gasteiger partial charge in [-0.1, -0.05) is 26.2 Å². The minimum Gasteiger partial charge on any atom is -0.339 e. The summed E-state index contributed by atoms with van der Waals surface area (Å²) in [5.41, 5.74) is -0.0531. The van der Waals surface area contributed by atoms with Crippen LogP contribution in [0.5, 0.6) is 0 Å². The van der Waals surface area contributed by atoms with E-state index in [-0.39, 0.29) is 5.41 Å². The van der Waals surface area contributed by atoms with Crippen molar-refractivity contribution in [3.05, 3.63) is 0 Å². The number of piperidine rings is 1. The highest BCUT2D eigenvalue weighted by atomic mass is 16.2. The molecule has 1 N–H and O–H groups in total. The maximum atomic E-state index is 13.3. The van der Waals surface area contributed by atoms with E-state index in [4.69, 9.17) is 0 Å². The molecule has 1 unspecified atom stereocenters. The van der Waals surface area contributed by atoms with Crippen LogP contribution in [0.4, 0.5) is 0 Å². The summed E-state index contributed by atoms with van der Waals surface area (Å²) in [6.07, 6.45) is 12.5. The van der Waals surface area contributed by atoms with Crippen molar-refractivity contribution in [2.45, 2.75) is 77.2 Å². The maximum absolute atomic E-state index is 13.3. The molecule has 0 spiro atoms. The maximum Gasteiger partial charge on any atom is 0.229 e. The van der Waals surface area contributed by atoms with Crippen molar-refractivity contribution in [2.24, 2.45) is 11.3 Å². The minimum atomic E-state index is -0.0531. The van der Waals surface area contributed by atoms with Crippen molar-refractivity contribution in [3.63, 3.8) is 0 Å². The van der Waals surface area contributed by atoms with Gasteiger partial charge in [-0.25, -0.2) is 0 Å². The van der Waals surface area contributed by atoms with Crippen molar-refractivity contribution in [3.8, 4) is 0 Å². The first kappa shape index (κ1) is 15.3. The molecule has 0 aromatic heterocycles. The SMILES string of the molecule is CCC1(C(=O)N2CCCC2C2CCCCC2)CCNCC1. The lowest BCUT2D eigenvalue weighted by molar-refractivity contribution is -0.146. The molecular weight excluding hydrogens is 260 g/mol. The second kappa shape index (κ2) is 6.68. The predicted octanol–water partition coefficient (Wildman–Crippen LogP) is 3.34. The van der Waals surface area contributed by atoms with Gasteiger partial charge < -0.3 is 10.2 Å². The molecule has 0 bridgehead atoms. The normalized spacial score (nSPS) is 30.5. The van der Waals surface area contributed by atoms with Crippen molar-refractivity contribution in [1.82, 2.24) is 10.2 Å². The lowest BCUT2D eigenvalue weighted by Crippen LogP contribution is -2.52. The van der Waals surface area contributed by atoms with Crippen LogP contribution >= 0.6 is 0 Å². The predicted molar refractivity (Wildman–Crippen MR) is 86.1 cm³/mol. The fraction of sp³-hybridized carbons (Fsp3) is 0.944. The van der Waals surface area contributed by atoms with Gasteiger partial charge in [-0.3, -0.25) is 4.79 Å². The van der Waals surface area contributed by atoms with E-state index in [1.54, 1.807) is 0 Å². The molecule has 1 amide bonds. The Morgan fingerprint density at radius 2 is 1.81 bits per heavy atom. The zero-order valence-corrected chi connectivity index (χ0v) is 13.7. The summed E-state index contributed by atoms with van der Waals surface area (Å²) in [5.74, 6) is 1.29. The van der Waals surface area contributed by atoms with E-state index in [0.29, 0.717) is 11.9 Å². The van der Waals surface area contributed by atoms with E-state index >= 15 is 0 Å². The number of likely N-dealkylation sites (tertiary alicyclic amines) is 1. The van der Waals surface area contributed by atoms with E-state index in [1.165, 1.54) is 44.9 Å². The Bertz CT molecular complexity index is 356. The Morgan fingerprint density at radius 3 is 2.48 bits per heavy atom. The summed E-state index contributed by atoms with van der Waals surface area (Å²) in [6.45, 7) is 5.27. The summed E-state index contributed by atoms with van der Waals surface area (Å²) >= 11 is 0. The molecule has 0 radical (unpaired) electrons. The highest BCUT2D eigenvalue weighted by molar-refractivity contribution is 5.83. The van der Waals surface area contributed by atoms with Crippen LogP contribution in [0.25, 0.3) is 0 Å². The number of nitrogens with one attached hydrogen (secondary N) is 1. The third kappa shape index (κ3) is 2.99. The number of carbonyl (C=O) groups excluding carboxylic acids is 1. The number of rotatable bonds is 3. The molecule has 21 heavy (non-hydrogen) atoms. The fourth-order valence-corrected chi connectivity index (χ4v) is 4.98. The summed E-state index contributed by atoms with van der Waals surface area (Å²) in [7, 11) is 0. The van der Waals surface area contributed by atoms with E-state index in [2.05, 4.69) is 17.1 Å². The molecule has 2 heterocycles. The number of hydrogen-bond acceptors (Lipinski definition) is 2. The van der Waals surface area contributed by atoms with Gasteiger partial charge in [-0.05, 0) is 64.0 Å². The number of carbonyl (C=O) groups is 1. The zero-order valence-electron chi connectivity index (χ0n) is 13.7. The fourth-order valence-electron chi connectivity index (χ4n) is 4.98. The lowest BCUT2D eigenvalue weighted by Gasteiger charge is -2.42. The Labute approximate surface area is 129 Å². The molecule has 3 heteroatoms. The van der Waals surface area contributed by atoms with Gasteiger partial charge in [0.25, 0.3) is 0 Å². The van der Waals surface area contributed by atoms with Gasteiger partial charge in [0.05, 0.1) is 5.41 Å². The highest BCUT2D eigenvalue weighted by Gasteiger charge is 2.45. The molecule has 0 aromatic carbocycles. The highest BCUT2D eigenvalue weighted by Crippen LogP contribution is 2.40. The van der Waals surface area contributed by atoms with Gasteiger partial charge in [0.2, 0.25) is 5.91 Å². The molecule has 0 aromatic rings. The van der Waals surface area contributed by atoms with E-state index < -0.39 is 0 Å².